The Kier molecular flexibility index (Phi) is 15.8. The first-order valence-corrected chi connectivity index (χ1v) is 20.3. The molecule has 1 heterocycles. The zero-order valence-corrected chi connectivity index (χ0v) is 36.4. The van der Waals surface area contributed by atoms with Gasteiger partial charge in [-0.3, -0.25) is 4.79 Å². The summed E-state index contributed by atoms with van der Waals surface area (Å²) < 4.78 is 343. The van der Waals surface area contributed by atoms with Crippen LogP contribution in [0.4, 0.5) is 105 Å². The van der Waals surface area contributed by atoms with E-state index in [-0.39, 0.29) is 5.78 Å². The largest absolute Gasteiger partial charge is 0.416 e. The minimum Gasteiger partial charge on any atom is -0.287 e. The van der Waals surface area contributed by atoms with Crippen molar-refractivity contribution in [1.82, 2.24) is 4.98 Å². The molecule has 3 nitrogen and oxygen atoms in total. The molecule has 6 aromatic rings. The summed E-state index contributed by atoms with van der Waals surface area (Å²) in [5.74, 6) is 0.115. The molecular weight excluding hydrogens is 1060 g/mol. The number of carbonyl (C=O) groups excluding carboxylic acids is 1. The summed E-state index contributed by atoms with van der Waals surface area (Å²) in [6.45, 7) is 2.41. The minimum atomic E-state index is -6.13. The number of rotatable bonds is 8. The second-order valence-electron chi connectivity index (χ2n) is 16.1. The van der Waals surface area contributed by atoms with Crippen molar-refractivity contribution in [3.8, 4) is 0 Å². The molecule has 0 saturated carbocycles. The molecule has 0 saturated heterocycles. The van der Waals surface area contributed by atoms with Gasteiger partial charge in [0.25, 0.3) is 0 Å². The van der Waals surface area contributed by atoms with E-state index in [0.29, 0.717) is 6.54 Å². The van der Waals surface area contributed by atoms with E-state index in [0.717, 1.165) is 17.7 Å². The number of aryl methyl sites for hydroxylation is 1. The van der Waals surface area contributed by atoms with E-state index in [1.807, 2.05) is 54.2 Å². The van der Waals surface area contributed by atoms with E-state index >= 15 is 0 Å². The number of Topliss-reactive ketones (excluding diaryl/α,β-unsaturated/α-hetero) is 1. The fraction of sp³-hybridized carbons (Fsp3) is 0.239. The van der Waals surface area contributed by atoms with Crippen molar-refractivity contribution in [2.24, 2.45) is 0 Å². The van der Waals surface area contributed by atoms with E-state index < -0.39 is 195 Å². The molecule has 74 heavy (non-hydrogen) atoms. The number of carbonyl (C=O) groups is 1. The van der Waals surface area contributed by atoms with Gasteiger partial charge in [0, 0.05) is 5.56 Å². The summed E-state index contributed by atoms with van der Waals surface area (Å²) in [6, 6.07) is 0.528. The number of aromatic nitrogens is 2. The quantitative estimate of drug-likeness (QED) is 0.0659. The number of ketones is 1. The molecule has 0 aliphatic carbocycles. The van der Waals surface area contributed by atoms with Crippen molar-refractivity contribution in [1.29, 1.82) is 0 Å². The standard InChI is InChI=1S/C32H12BF24.C14H15N2O/c34-25(35,36)13-1-14(26(37,38)39)6-21(5-13)33(22-7-15(27(40,41)42)2-16(8-22)28(43,44)45,23-9-17(29(46,47)48)3-18(10-23)30(49,50)51)24-11-19(31(52,53)54)4-20(12-24)32(55,56)57;1-2-13-10-16(9-8-15-13)11-14(17)12-6-4-3-5-7-12/h1-12H;3-10H,2,11H2,1H3/q-1;+1. The zero-order valence-electron chi connectivity index (χ0n) is 36.4. The smallest absolute Gasteiger partial charge is 0.287 e. The van der Waals surface area contributed by atoms with Crippen LogP contribution in [-0.4, -0.2) is 16.9 Å². The summed E-state index contributed by atoms with van der Waals surface area (Å²) in [5, 5.41) is 0. The molecule has 5 aromatic carbocycles. The highest BCUT2D eigenvalue weighted by molar-refractivity contribution is 7.20. The van der Waals surface area contributed by atoms with Crippen molar-refractivity contribution >= 4 is 33.8 Å². The maximum atomic E-state index is 14.2. The summed E-state index contributed by atoms with van der Waals surface area (Å²) in [7, 11) is 0. The fourth-order valence-electron chi connectivity index (χ4n) is 7.72. The van der Waals surface area contributed by atoms with Crippen molar-refractivity contribution in [3.63, 3.8) is 0 Å². The molecule has 398 valence electrons. The van der Waals surface area contributed by atoms with Gasteiger partial charge in [0.2, 0.25) is 12.3 Å². The third-order valence-electron chi connectivity index (χ3n) is 11.0. The molecule has 0 amide bonds. The predicted molar refractivity (Wildman–Crippen MR) is 215 cm³/mol. The predicted octanol–water partition coefficient (Wildman–Crippen LogP) is 13.0. The Morgan fingerprint density at radius 3 is 0.905 bits per heavy atom. The zero-order chi connectivity index (χ0) is 56.0. The van der Waals surface area contributed by atoms with E-state index in [1.54, 1.807) is 6.20 Å². The molecular formula is C46H27BF24N2O. The second kappa shape index (κ2) is 20.2. The van der Waals surface area contributed by atoms with Gasteiger partial charge in [-0.25, -0.2) is 4.98 Å². The van der Waals surface area contributed by atoms with Crippen LogP contribution in [-0.2, 0) is 62.4 Å². The Morgan fingerprint density at radius 1 is 0.419 bits per heavy atom. The highest BCUT2D eigenvalue weighted by Gasteiger charge is 2.47. The van der Waals surface area contributed by atoms with E-state index in [2.05, 4.69) is 4.98 Å². The second-order valence-corrected chi connectivity index (χ2v) is 16.1. The van der Waals surface area contributed by atoms with Crippen LogP contribution < -0.4 is 26.4 Å². The van der Waals surface area contributed by atoms with Crippen LogP contribution in [0.2, 0.25) is 0 Å². The third-order valence-corrected chi connectivity index (χ3v) is 11.0. The lowest BCUT2D eigenvalue weighted by Gasteiger charge is -2.46. The lowest BCUT2D eigenvalue weighted by molar-refractivity contribution is -0.684. The third kappa shape index (κ3) is 13.5. The minimum absolute atomic E-state index is 0.115. The van der Waals surface area contributed by atoms with Crippen molar-refractivity contribution in [2.75, 3.05) is 0 Å². The summed E-state index contributed by atoms with van der Waals surface area (Å²) in [6.07, 6.45) is -48.5. The molecule has 0 atom stereocenters. The van der Waals surface area contributed by atoms with Gasteiger partial charge in [0.05, 0.1) is 50.7 Å². The highest BCUT2D eigenvalue weighted by Crippen LogP contribution is 2.41. The number of hydrogen-bond acceptors (Lipinski definition) is 2. The number of nitrogens with zero attached hydrogens (tertiary/aromatic N) is 2. The maximum absolute atomic E-state index is 14.2. The van der Waals surface area contributed by atoms with E-state index in [1.165, 1.54) is 0 Å². The van der Waals surface area contributed by atoms with Crippen molar-refractivity contribution < 1.29 is 115 Å². The van der Waals surface area contributed by atoms with E-state index in [9.17, 15) is 110 Å². The molecule has 0 aliphatic rings. The highest BCUT2D eigenvalue weighted by atomic mass is 19.4. The Morgan fingerprint density at radius 2 is 0.676 bits per heavy atom. The van der Waals surface area contributed by atoms with Crippen LogP contribution in [0.1, 0.15) is 67.5 Å². The lowest BCUT2D eigenvalue weighted by Crippen LogP contribution is -2.75. The SMILES string of the molecule is CCc1c[n+](CC(=O)c2ccccc2)ccn1.FC(F)(F)c1cc([B-](c2cc(C(F)(F)F)cc(C(F)(F)F)c2)(c2cc(C(F)(F)F)cc(C(F)(F)F)c2)c2cc(C(F)(F)F)cc(C(F)(F)F)c2)cc(C(F)(F)F)c1. The van der Waals surface area contributed by atoms with Gasteiger partial charge >= 0.3 is 49.4 Å². The summed E-state index contributed by atoms with van der Waals surface area (Å²) >= 11 is 0. The first-order chi connectivity index (χ1) is 33.6. The van der Waals surface area contributed by atoms with Gasteiger partial charge in [-0.1, -0.05) is 85.8 Å². The van der Waals surface area contributed by atoms with Crippen LogP contribution in [0, 0.1) is 0 Å². The van der Waals surface area contributed by atoms with Crippen LogP contribution in [0.3, 0.4) is 0 Å². The van der Waals surface area contributed by atoms with Gasteiger partial charge in [0.1, 0.15) is 11.8 Å². The van der Waals surface area contributed by atoms with E-state index in [4.69, 9.17) is 0 Å². The molecule has 28 heteroatoms. The molecule has 0 spiro atoms. The molecule has 0 unspecified atom stereocenters. The van der Waals surface area contributed by atoms with Crippen LogP contribution >= 0.6 is 0 Å². The number of halogens is 24. The van der Waals surface area contributed by atoms with Crippen molar-refractivity contribution in [2.45, 2.75) is 69.3 Å². The first kappa shape index (κ1) is 58.1. The number of benzene rings is 5. The monoisotopic (exact) mass is 1090 g/mol. The molecule has 1 aromatic heterocycles. The molecule has 0 aliphatic heterocycles. The van der Waals surface area contributed by atoms with Gasteiger partial charge in [-0.15, -0.1) is 0 Å². The first-order valence-electron chi connectivity index (χ1n) is 20.3. The van der Waals surface area contributed by atoms with Crippen LogP contribution in [0.15, 0.2) is 122 Å². The maximum Gasteiger partial charge on any atom is 0.416 e. The number of hydrogen-bond donors (Lipinski definition) is 0. The van der Waals surface area contributed by atoms with Gasteiger partial charge in [0.15, 0.2) is 12.4 Å². The Balaban J connectivity index is 0.000000500. The average Bonchev–Trinajstić information content (AvgIpc) is 3.27. The molecule has 0 bridgehead atoms. The van der Waals surface area contributed by atoms with Crippen molar-refractivity contribution in [3.05, 3.63) is 177 Å². The van der Waals surface area contributed by atoms with Crippen LogP contribution in [0.5, 0.6) is 0 Å². The number of alkyl halides is 24. The molecule has 0 fully saturated rings. The fourth-order valence-corrected chi connectivity index (χ4v) is 7.72. The Bertz CT molecular complexity index is 2540. The Labute approximate surface area is 400 Å². The lowest BCUT2D eigenvalue weighted by atomic mass is 9.12. The average molecular weight is 1090 g/mol. The topological polar surface area (TPSA) is 33.8 Å². The summed E-state index contributed by atoms with van der Waals surface area (Å²) in [4.78, 5) is 16.2. The molecule has 0 radical (unpaired) electrons. The summed E-state index contributed by atoms with van der Waals surface area (Å²) in [5.41, 5.74) is -28.5. The van der Waals surface area contributed by atoms with Gasteiger partial charge < -0.3 is 0 Å². The normalized spacial score (nSPS) is 13.4. The molecule has 0 N–H and O–H groups in total. The Hall–Kier alpha value is -6.77. The van der Waals surface area contributed by atoms with Crippen LogP contribution in [0.25, 0.3) is 0 Å². The van der Waals surface area contributed by atoms with Gasteiger partial charge in [-0.05, 0) is 30.7 Å². The molecule has 6 rings (SSSR count). The van der Waals surface area contributed by atoms with Gasteiger partial charge in [-0.2, -0.15) is 132 Å².